The van der Waals surface area contributed by atoms with Crippen LogP contribution in [0, 0.1) is 0 Å². The lowest BCUT2D eigenvalue weighted by Gasteiger charge is -2.05. The second-order valence-electron chi connectivity index (χ2n) is 3.34. The van der Waals surface area contributed by atoms with Crippen LogP contribution >= 0.6 is 0 Å². The summed E-state index contributed by atoms with van der Waals surface area (Å²) < 4.78 is 4.24. The van der Waals surface area contributed by atoms with Crippen LogP contribution in [0.25, 0.3) is 0 Å². The number of allylic oxidation sites excluding steroid dienone is 2. The molecular weight excluding hydrogens is 178 g/mol. The topological polar surface area (TPSA) is 61.3 Å². The molecule has 1 heterocycles. The molecule has 0 bridgehead atoms. The van der Waals surface area contributed by atoms with Crippen LogP contribution in [0.2, 0.25) is 0 Å². The maximum atomic E-state index is 9.94. The van der Waals surface area contributed by atoms with Crippen molar-refractivity contribution in [2.45, 2.75) is 41.0 Å². The minimum atomic E-state index is -0.199. The molecule has 0 aromatic carbocycles. The van der Waals surface area contributed by atoms with Gasteiger partial charge in [0.05, 0.1) is 5.57 Å². The number of rotatable bonds is 1. The van der Waals surface area contributed by atoms with E-state index in [1.54, 1.807) is 6.92 Å². The molecule has 82 valence electrons. The molecule has 0 fully saturated rings. The van der Waals surface area contributed by atoms with E-state index in [1.807, 2.05) is 0 Å². The van der Waals surface area contributed by atoms with Crippen molar-refractivity contribution in [3.63, 3.8) is 0 Å². The molecule has 3 N–H and O–H groups in total. The van der Waals surface area contributed by atoms with Gasteiger partial charge in [0.1, 0.15) is 6.26 Å². The van der Waals surface area contributed by atoms with E-state index in [9.17, 15) is 4.79 Å². The van der Waals surface area contributed by atoms with Gasteiger partial charge < -0.3 is 10.9 Å². The molecule has 0 radical (unpaired) electrons. The monoisotopic (exact) mass is 199 g/mol. The van der Waals surface area contributed by atoms with Gasteiger partial charge in [-0.25, -0.2) is 4.79 Å². The summed E-state index contributed by atoms with van der Waals surface area (Å²) in [6.45, 7) is 10.4. The number of cyclic esters (lactones) is 1. The second kappa shape index (κ2) is 7.33. The second-order valence-corrected chi connectivity index (χ2v) is 3.34. The molecule has 1 aliphatic heterocycles. The quantitative estimate of drug-likeness (QED) is 0.520. The van der Waals surface area contributed by atoms with Gasteiger partial charge >= 0.3 is 5.97 Å². The van der Waals surface area contributed by atoms with E-state index in [-0.39, 0.29) is 12.1 Å². The summed E-state index contributed by atoms with van der Waals surface area (Å²) in [6.07, 6.45) is 2.63. The lowest BCUT2D eigenvalue weighted by atomic mass is 10.1. The Bertz CT molecular complexity index is 248. The molecule has 0 saturated heterocycles. The van der Waals surface area contributed by atoms with Crippen molar-refractivity contribution in [1.29, 1.82) is 0 Å². The van der Waals surface area contributed by atoms with E-state index in [1.165, 1.54) is 23.8 Å². The normalized spacial score (nSPS) is 12.1. The SMILES string of the molecule is CC1=COC1=O.CCC(C)=C(C)C.N. The van der Waals surface area contributed by atoms with E-state index in [0.717, 1.165) is 0 Å². The Morgan fingerprint density at radius 1 is 1.36 bits per heavy atom. The fourth-order valence-electron chi connectivity index (χ4n) is 0.578. The molecule has 1 aliphatic rings. The van der Waals surface area contributed by atoms with Crippen molar-refractivity contribution < 1.29 is 9.53 Å². The Kier molecular flexibility index (Phi) is 8.05. The van der Waals surface area contributed by atoms with E-state index >= 15 is 0 Å². The fourth-order valence-corrected chi connectivity index (χ4v) is 0.578. The van der Waals surface area contributed by atoms with Gasteiger partial charge in [0.25, 0.3) is 0 Å². The molecule has 1 rings (SSSR count). The third-order valence-electron chi connectivity index (χ3n) is 2.05. The fraction of sp³-hybridized carbons (Fsp3) is 0.545. The predicted molar refractivity (Wildman–Crippen MR) is 59.2 cm³/mol. The van der Waals surface area contributed by atoms with Crippen LogP contribution in [0.15, 0.2) is 23.0 Å². The van der Waals surface area contributed by atoms with Crippen LogP contribution in [-0.2, 0) is 9.53 Å². The van der Waals surface area contributed by atoms with Gasteiger partial charge in [0, 0.05) is 0 Å². The standard InChI is InChI=1S/C7H14.C4H4O2.H3N/c1-5-7(4)6(2)3;1-3-2-6-4(3)5;/h5H2,1-4H3;2H,1H3;1H3. The van der Waals surface area contributed by atoms with Gasteiger partial charge in [-0.15, -0.1) is 0 Å². The molecular formula is C11H21NO2. The Labute approximate surface area is 86.4 Å². The third-order valence-corrected chi connectivity index (χ3v) is 2.05. The Morgan fingerprint density at radius 3 is 1.79 bits per heavy atom. The average molecular weight is 199 g/mol. The van der Waals surface area contributed by atoms with Gasteiger partial charge in [-0.3, -0.25) is 0 Å². The van der Waals surface area contributed by atoms with Crippen LogP contribution in [0.5, 0.6) is 0 Å². The lowest BCUT2D eigenvalue weighted by molar-refractivity contribution is -0.138. The highest BCUT2D eigenvalue weighted by molar-refractivity contribution is 5.92. The molecule has 3 nitrogen and oxygen atoms in total. The number of esters is 1. The average Bonchev–Trinajstić information content (AvgIpc) is 2.14. The molecule has 0 saturated carbocycles. The van der Waals surface area contributed by atoms with E-state index in [4.69, 9.17) is 0 Å². The van der Waals surface area contributed by atoms with E-state index < -0.39 is 0 Å². The molecule has 0 amide bonds. The molecule has 0 aliphatic carbocycles. The summed E-state index contributed by atoms with van der Waals surface area (Å²) in [7, 11) is 0. The Morgan fingerprint density at radius 2 is 1.79 bits per heavy atom. The van der Waals surface area contributed by atoms with Crippen LogP contribution in [-0.4, -0.2) is 5.97 Å². The van der Waals surface area contributed by atoms with Crippen LogP contribution in [0.4, 0.5) is 0 Å². The smallest absolute Gasteiger partial charge is 0.341 e. The first kappa shape index (κ1) is 15.4. The van der Waals surface area contributed by atoms with Gasteiger partial charge in [-0.05, 0) is 34.1 Å². The lowest BCUT2D eigenvalue weighted by Crippen LogP contribution is -2.10. The molecule has 0 atom stereocenters. The summed E-state index contributed by atoms with van der Waals surface area (Å²) in [5, 5.41) is 0. The molecule has 0 aromatic heterocycles. The molecule has 0 unspecified atom stereocenters. The highest BCUT2D eigenvalue weighted by Crippen LogP contribution is 2.06. The van der Waals surface area contributed by atoms with Crippen molar-refractivity contribution in [2.75, 3.05) is 0 Å². The number of hydrogen-bond donors (Lipinski definition) is 1. The predicted octanol–water partition coefficient (Wildman–Crippen LogP) is 3.36. The minimum Gasteiger partial charge on any atom is -0.430 e. The van der Waals surface area contributed by atoms with Gasteiger partial charge in [0.2, 0.25) is 0 Å². The van der Waals surface area contributed by atoms with Crippen LogP contribution in [0.3, 0.4) is 0 Å². The number of carbonyl (C=O) groups is 1. The molecule has 0 spiro atoms. The highest BCUT2D eigenvalue weighted by atomic mass is 16.5. The number of hydrogen-bond acceptors (Lipinski definition) is 3. The van der Waals surface area contributed by atoms with Crippen molar-refractivity contribution in [2.24, 2.45) is 0 Å². The first-order chi connectivity index (χ1) is 5.99. The first-order valence-corrected chi connectivity index (χ1v) is 4.49. The first-order valence-electron chi connectivity index (χ1n) is 4.49. The largest absolute Gasteiger partial charge is 0.430 e. The van der Waals surface area contributed by atoms with Crippen molar-refractivity contribution in [3.8, 4) is 0 Å². The maximum absolute atomic E-state index is 9.94. The minimum absolute atomic E-state index is 0. The van der Waals surface area contributed by atoms with Crippen molar-refractivity contribution in [3.05, 3.63) is 23.0 Å². The summed E-state index contributed by atoms with van der Waals surface area (Å²) in [4.78, 5) is 9.94. The van der Waals surface area contributed by atoms with E-state index in [0.29, 0.717) is 5.57 Å². The maximum Gasteiger partial charge on any atom is 0.341 e. The van der Waals surface area contributed by atoms with E-state index in [2.05, 4.69) is 32.4 Å². The van der Waals surface area contributed by atoms with Gasteiger partial charge in [-0.2, -0.15) is 0 Å². The summed E-state index contributed by atoms with van der Waals surface area (Å²) in [6, 6.07) is 0. The zero-order valence-corrected chi connectivity index (χ0v) is 9.81. The highest BCUT2D eigenvalue weighted by Gasteiger charge is 2.12. The molecule has 3 heteroatoms. The van der Waals surface area contributed by atoms with Gasteiger partial charge in [0.15, 0.2) is 0 Å². The van der Waals surface area contributed by atoms with Crippen molar-refractivity contribution >= 4 is 5.97 Å². The van der Waals surface area contributed by atoms with Crippen LogP contribution < -0.4 is 6.15 Å². The summed E-state index contributed by atoms with van der Waals surface area (Å²) in [5.41, 5.74) is 3.68. The summed E-state index contributed by atoms with van der Waals surface area (Å²) >= 11 is 0. The molecule has 14 heavy (non-hydrogen) atoms. The number of ether oxygens (including phenoxy) is 1. The van der Waals surface area contributed by atoms with Crippen molar-refractivity contribution in [1.82, 2.24) is 6.15 Å². The zero-order chi connectivity index (χ0) is 10.4. The zero-order valence-electron chi connectivity index (χ0n) is 9.81. The number of carbonyl (C=O) groups excluding carboxylic acids is 1. The van der Waals surface area contributed by atoms with Crippen LogP contribution in [0.1, 0.15) is 41.0 Å². The third kappa shape index (κ3) is 5.54. The Hall–Kier alpha value is -1.09. The Balaban J connectivity index is 0. The summed E-state index contributed by atoms with van der Waals surface area (Å²) in [5.74, 6) is -0.199. The van der Waals surface area contributed by atoms with Gasteiger partial charge in [-0.1, -0.05) is 18.1 Å². The molecule has 0 aromatic rings.